The summed E-state index contributed by atoms with van der Waals surface area (Å²) in [5.41, 5.74) is 38.4. The van der Waals surface area contributed by atoms with Gasteiger partial charge >= 0.3 is 0 Å². The van der Waals surface area contributed by atoms with E-state index in [2.05, 4.69) is 57.8 Å². The van der Waals surface area contributed by atoms with E-state index >= 15 is 0 Å². The average molecular weight is 1190 g/mol. The second-order valence-electron chi connectivity index (χ2n) is 21.0. The van der Waals surface area contributed by atoms with Crippen LogP contribution < -0.4 is 93.1 Å². The average Bonchev–Trinajstić information content (AvgIpc) is 3.46. The molecule has 0 saturated heterocycles. The van der Waals surface area contributed by atoms with Gasteiger partial charge in [0.15, 0.2) is 11.9 Å². The molecule has 0 fully saturated rings. The summed E-state index contributed by atoms with van der Waals surface area (Å²) in [6, 6.07) is -15.3. The van der Waals surface area contributed by atoms with Crippen LogP contribution in [0.15, 0.2) is 9.98 Å². The normalized spacial score (nSPS) is 15.6. The minimum absolute atomic E-state index is 0.0193. The van der Waals surface area contributed by atoms with E-state index in [9.17, 15) is 73.2 Å². The van der Waals surface area contributed by atoms with Crippen molar-refractivity contribution in [1.82, 2.24) is 47.9 Å². The Hall–Kier alpha value is -7.53. The quantitative estimate of drug-likeness (QED) is 0.0117. The van der Waals surface area contributed by atoms with Crippen molar-refractivity contribution in [3.05, 3.63) is 0 Å². The molecule has 0 spiro atoms. The van der Waals surface area contributed by atoms with Crippen LogP contribution >= 0.6 is 0 Å². The molecule has 0 radical (unpaired) electrons. The van der Waals surface area contributed by atoms with Gasteiger partial charge in [0.1, 0.15) is 48.3 Å². The van der Waals surface area contributed by atoms with Gasteiger partial charge in [0.05, 0.1) is 64.6 Å². The minimum Gasteiger partial charge on any atom is -0.548 e. The number of carbonyl (C=O) groups excluding carboxylic acids is 11. The van der Waals surface area contributed by atoms with Crippen molar-refractivity contribution in [2.24, 2.45) is 50.1 Å². The van der Waals surface area contributed by atoms with Crippen molar-refractivity contribution in [2.75, 3.05) is 53.9 Å². The zero-order valence-electron chi connectivity index (χ0n) is 48.6. The van der Waals surface area contributed by atoms with E-state index in [0.717, 1.165) is 6.92 Å². The molecule has 0 heterocycles. The van der Waals surface area contributed by atoms with E-state index in [1.54, 1.807) is 0 Å². The van der Waals surface area contributed by atoms with E-state index in [1.807, 2.05) is 21.1 Å². The largest absolute Gasteiger partial charge is 0.548 e. The van der Waals surface area contributed by atoms with Gasteiger partial charge in [0.25, 0.3) is 0 Å². The Morgan fingerprint density at radius 1 is 0.470 bits per heavy atom. The first kappa shape index (κ1) is 75.5. The zero-order chi connectivity index (χ0) is 63.7. The molecule has 0 aromatic carbocycles. The Morgan fingerprint density at radius 3 is 1.18 bits per heavy atom. The highest BCUT2D eigenvalue weighted by Gasteiger charge is 2.37. The lowest BCUT2D eigenvalue weighted by Crippen LogP contribution is -2.62. The van der Waals surface area contributed by atoms with Crippen LogP contribution in [0.5, 0.6) is 0 Å². The lowest BCUT2D eigenvalue weighted by Gasteiger charge is -2.29. The van der Waals surface area contributed by atoms with E-state index in [1.165, 1.54) is 20.8 Å². The van der Waals surface area contributed by atoms with Gasteiger partial charge in [-0.3, -0.25) is 57.9 Å². The van der Waals surface area contributed by atoms with Gasteiger partial charge in [-0.15, -0.1) is 0 Å². The van der Waals surface area contributed by atoms with Crippen molar-refractivity contribution in [3.63, 3.8) is 0 Å². The molecule has 10 amide bonds. The molecular formula is C49H93N19O15. The van der Waals surface area contributed by atoms with Gasteiger partial charge in [-0.05, 0) is 105 Å². The van der Waals surface area contributed by atoms with Crippen LogP contribution in [0.3, 0.4) is 0 Å². The monoisotopic (exact) mass is 1190 g/mol. The molecule has 34 heteroatoms. The molecule has 0 aliphatic carbocycles. The van der Waals surface area contributed by atoms with Gasteiger partial charge in [-0.25, -0.2) is 0 Å². The van der Waals surface area contributed by atoms with Crippen molar-refractivity contribution >= 4 is 77.0 Å². The van der Waals surface area contributed by atoms with E-state index in [-0.39, 0.29) is 76.5 Å². The summed E-state index contributed by atoms with van der Waals surface area (Å²) in [5.74, 6) is -12.1. The summed E-state index contributed by atoms with van der Waals surface area (Å²) in [6.45, 7) is 4.72. The third-order valence-electron chi connectivity index (χ3n) is 12.3. The predicted octanol–water partition coefficient (Wildman–Crippen LogP) is -10.4. The van der Waals surface area contributed by atoms with Crippen molar-refractivity contribution in [3.8, 4) is 0 Å². The number of unbranched alkanes of at least 4 members (excludes halogenated alkanes) is 2. The maximum atomic E-state index is 14.2. The molecule has 0 rings (SSSR count). The van der Waals surface area contributed by atoms with Gasteiger partial charge in [-0.2, -0.15) is 0 Å². The van der Waals surface area contributed by atoms with Crippen LogP contribution in [0.2, 0.25) is 0 Å². The van der Waals surface area contributed by atoms with Crippen LogP contribution in [-0.2, 0) is 52.7 Å². The van der Waals surface area contributed by atoms with Gasteiger partial charge in [-0.1, -0.05) is 0 Å². The first-order valence-corrected chi connectivity index (χ1v) is 27.2. The maximum absolute atomic E-state index is 14.2. The van der Waals surface area contributed by atoms with Crippen LogP contribution in [-0.4, -0.2) is 223 Å². The Morgan fingerprint density at radius 2 is 0.819 bits per heavy atom. The number of hydrogen-bond donors (Lipinski definition) is 19. The van der Waals surface area contributed by atoms with Crippen molar-refractivity contribution in [2.45, 2.75) is 177 Å². The lowest BCUT2D eigenvalue weighted by atomic mass is 10.0. The fourth-order valence-electron chi connectivity index (χ4n) is 7.61. The number of primary amides is 1. The van der Waals surface area contributed by atoms with Gasteiger partial charge < -0.3 is 118 Å². The fourth-order valence-corrected chi connectivity index (χ4v) is 7.61. The number of hydrogen-bond acceptors (Lipinski definition) is 19. The van der Waals surface area contributed by atoms with Gasteiger partial charge in [0, 0.05) is 19.5 Å². The lowest BCUT2D eigenvalue weighted by molar-refractivity contribution is -0.870. The molecule has 12 atom stereocenters. The number of guanidine groups is 2. The second kappa shape index (κ2) is 39.0. The zero-order valence-corrected chi connectivity index (χ0v) is 48.6. The number of aliphatic hydroxyl groups is 3. The number of aliphatic carboxylic acids is 1. The smallest absolute Gasteiger partial charge is 0.245 e. The first-order chi connectivity index (χ1) is 38.6. The van der Waals surface area contributed by atoms with Gasteiger partial charge in [0.2, 0.25) is 59.1 Å². The standard InChI is InChI=1S/C49H93N19O15/c1-25(51)38(73)60-32(17-13-22-58-49(55)56)43(78)67-37(28(4)71)46(81)64-30(15-9-11-23-68(5,6)7)40(75)63-33(18-19-35(52)72)44(79)66-36(27(3)70)45(80)59-26(2)39(74)61-31(16-12-21-57-48(53)54)41(76)62-29(14-8-10-20-50)42(77)65-34(24-69)47(82)83/h25-34,36-37,69-71H,8-24,50-51H2,1-7H3,(H19-,52,53,54,55,56,57,58,59,60,61,62,63,64,65,66,67,72,73,74,75,76,77,78,79,80,81,82,83). The number of amides is 10. The molecule has 0 aromatic rings. The number of aliphatic hydroxyl groups excluding tert-OH is 3. The molecule has 0 saturated carbocycles. The molecule has 0 bridgehead atoms. The summed E-state index contributed by atoms with van der Waals surface area (Å²) in [5, 5.41) is 63.9. The highest BCUT2D eigenvalue weighted by atomic mass is 16.4. The molecule has 0 aliphatic heterocycles. The number of carboxylic acids is 1. The maximum Gasteiger partial charge on any atom is 0.245 e. The molecule has 26 N–H and O–H groups in total. The van der Waals surface area contributed by atoms with Crippen LogP contribution in [0.4, 0.5) is 0 Å². The summed E-state index contributed by atoms with van der Waals surface area (Å²) in [7, 11) is 5.79. The van der Waals surface area contributed by atoms with Crippen LogP contribution in [0, 0.1) is 0 Å². The minimum atomic E-state index is -1.87. The molecule has 474 valence electrons. The van der Waals surface area contributed by atoms with Crippen LogP contribution in [0.1, 0.15) is 105 Å². The summed E-state index contributed by atoms with van der Waals surface area (Å²) in [6.07, 6.45) is -2.82. The summed E-state index contributed by atoms with van der Waals surface area (Å²) >= 11 is 0. The number of nitrogens with one attached hydrogen (secondary N) is 9. The topological polar surface area (TPSA) is 587 Å². The first-order valence-electron chi connectivity index (χ1n) is 27.2. The molecular weight excluding hydrogens is 1090 g/mol. The molecule has 0 aromatic heterocycles. The van der Waals surface area contributed by atoms with E-state index in [0.29, 0.717) is 30.3 Å². The van der Waals surface area contributed by atoms with Crippen molar-refractivity contribution in [1.29, 1.82) is 0 Å². The molecule has 83 heavy (non-hydrogen) atoms. The SMILES string of the molecule is CC(N)C(=O)NC(CCCN=C(N)N)C(=O)NC(C(=O)NC(CCCC[N+](C)(C)C)C(=O)NC(CCC(N)=O)C(=O)NC(C(=O)NC(C)C(=O)NC(CCCN=C(N)N)C(=O)NC(CCCCN)C(=O)NC(CO)C(=O)[O-])C(C)O)C(C)O. The summed E-state index contributed by atoms with van der Waals surface area (Å²) < 4.78 is 0.533. The number of quaternary nitrogens is 1. The summed E-state index contributed by atoms with van der Waals surface area (Å²) in [4.78, 5) is 154. The number of aliphatic imine (C=N–C) groups is 2. The Kier molecular flexibility index (Phi) is 35.5. The predicted molar refractivity (Wildman–Crippen MR) is 300 cm³/mol. The Balaban J connectivity index is 6.80. The highest BCUT2D eigenvalue weighted by Crippen LogP contribution is 2.11. The Bertz CT molecular complexity index is 2200. The number of nitrogens with zero attached hydrogens (tertiary/aromatic N) is 3. The van der Waals surface area contributed by atoms with E-state index < -0.39 is 157 Å². The third-order valence-corrected chi connectivity index (χ3v) is 12.3. The number of carboxylic acid groups (broad SMARTS) is 1. The molecule has 34 nitrogen and oxygen atoms in total. The fraction of sp³-hybridized carbons (Fsp3) is 0.735. The Labute approximate surface area is 482 Å². The van der Waals surface area contributed by atoms with E-state index in [4.69, 9.17) is 40.1 Å². The number of rotatable bonds is 42. The molecule has 12 unspecified atom stereocenters. The third kappa shape index (κ3) is 32.0. The second-order valence-corrected chi connectivity index (χ2v) is 21.0. The van der Waals surface area contributed by atoms with Crippen molar-refractivity contribution < 1.29 is 77.6 Å². The van der Waals surface area contributed by atoms with Crippen LogP contribution in [0.25, 0.3) is 0 Å². The highest BCUT2D eigenvalue weighted by molar-refractivity contribution is 5.99. The molecule has 0 aliphatic rings. The number of nitrogens with two attached hydrogens (primary N) is 7. The number of carbonyl (C=O) groups is 11.